The fourth-order valence-corrected chi connectivity index (χ4v) is 5.81. The summed E-state index contributed by atoms with van der Waals surface area (Å²) in [6, 6.07) is 13.6. The Labute approximate surface area is 282 Å². The van der Waals surface area contributed by atoms with Crippen LogP contribution in [0.3, 0.4) is 0 Å². The van der Waals surface area contributed by atoms with Crippen molar-refractivity contribution in [1.29, 1.82) is 0 Å². The highest BCUT2D eigenvalue weighted by Gasteiger charge is 2.28. The van der Waals surface area contributed by atoms with Crippen LogP contribution >= 0.6 is 23.2 Å². The van der Waals surface area contributed by atoms with E-state index >= 15 is 0 Å². The molecule has 0 aliphatic carbocycles. The van der Waals surface area contributed by atoms with Crippen LogP contribution in [0.25, 0.3) is 11.1 Å². The molecule has 3 heterocycles. The molecule has 10 nitrogen and oxygen atoms in total. The molecule has 1 atom stereocenters. The maximum Gasteiger partial charge on any atom is 0.413 e. The van der Waals surface area contributed by atoms with Gasteiger partial charge in [-0.2, -0.15) is 5.10 Å². The Bertz CT molecular complexity index is 1720. The third-order valence-electron chi connectivity index (χ3n) is 7.50. The van der Waals surface area contributed by atoms with Crippen LogP contribution in [-0.4, -0.2) is 50.5 Å². The summed E-state index contributed by atoms with van der Waals surface area (Å²) >= 11 is 12.6. The molecule has 1 fully saturated rings. The first-order valence-electron chi connectivity index (χ1n) is 15.2. The highest BCUT2D eigenvalue weighted by Crippen LogP contribution is 2.38. The lowest BCUT2D eigenvalue weighted by atomic mass is 10.1. The molecule has 248 valence electrons. The van der Waals surface area contributed by atoms with Gasteiger partial charge in [-0.15, -0.1) is 0 Å². The lowest BCUT2D eigenvalue weighted by Gasteiger charge is -2.33. The molecule has 1 aliphatic rings. The molecule has 4 aromatic rings. The first kappa shape index (κ1) is 34.0. The van der Waals surface area contributed by atoms with Crippen molar-refractivity contribution >= 4 is 41.2 Å². The van der Waals surface area contributed by atoms with Gasteiger partial charge in [-0.25, -0.2) is 19.0 Å². The average molecular weight is 685 g/mol. The molecule has 2 aromatic heterocycles. The monoisotopic (exact) mass is 683 g/mol. The van der Waals surface area contributed by atoms with Crippen LogP contribution in [0, 0.1) is 5.82 Å². The number of nitrogens with one attached hydrogen (secondary N) is 1. The van der Waals surface area contributed by atoms with Crippen molar-refractivity contribution in [2.75, 3.05) is 18.4 Å². The number of carbonyl (C=O) groups is 2. The third-order valence-corrected chi connectivity index (χ3v) is 8.21. The summed E-state index contributed by atoms with van der Waals surface area (Å²) in [5.41, 5.74) is 1.93. The molecule has 1 N–H and O–H groups in total. The molecule has 1 saturated heterocycles. The van der Waals surface area contributed by atoms with Crippen LogP contribution in [0.2, 0.25) is 10.0 Å². The molecule has 13 heteroatoms. The van der Waals surface area contributed by atoms with Crippen LogP contribution in [0.5, 0.6) is 5.75 Å². The SMILES string of the molecule is CC(Oc1cc(-c2cnn(C3CCN(C(=O)OC(C)(C)C)CC3)c2)cnc1NC(=O)OCc1ccccc1)c1c(Cl)ccc(F)c1Cl. The second-order valence-electron chi connectivity index (χ2n) is 12.2. The van der Waals surface area contributed by atoms with Gasteiger partial charge in [0, 0.05) is 47.2 Å². The molecule has 2 amide bonds. The number of carbonyl (C=O) groups excluding carboxylic acids is 2. The van der Waals surface area contributed by atoms with E-state index in [1.54, 1.807) is 30.3 Å². The zero-order valence-corrected chi connectivity index (χ0v) is 28.0. The molecule has 0 saturated carbocycles. The Morgan fingerprint density at radius 2 is 1.79 bits per heavy atom. The van der Waals surface area contributed by atoms with E-state index in [9.17, 15) is 14.0 Å². The number of rotatable bonds is 8. The van der Waals surface area contributed by atoms with E-state index in [4.69, 9.17) is 37.4 Å². The second-order valence-corrected chi connectivity index (χ2v) is 13.0. The molecule has 2 aromatic carbocycles. The van der Waals surface area contributed by atoms with E-state index in [0.29, 0.717) is 31.5 Å². The summed E-state index contributed by atoms with van der Waals surface area (Å²) in [7, 11) is 0. The predicted octanol–water partition coefficient (Wildman–Crippen LogP) is 8.85. The van der Waals surface area contributed by atoms with Crippen LogP contribution in [0.1, 0.15) is 63.8 Å². The summed E-state index contributed by atoms with van der Waals surface area (Å²) in [5, 5.41) is 7.29. The van der Waals surface area contributed by atoms with Gasteiger partial charge >= 0.3 is 12.2 Å². The summed E-state index contributed by atoms with van der Waals surface area (Å²) in [6.45, 7) is 8.37. The fourth-order valence-electron chi connectivity index (χ4n) is 5.13. The van der Waals surface area contributed by atoms with Crippen LogP contribution in [-0.2, 0) is 16.1 Å². The van der Waals surface area contributed by atoms with Crippen molar-refractivity contribution < 1.29 is 28.2 Å². The van der Waals surface area contributed by atoms with E-state index in [2.05, 4.69) is 15.4 Å². The predicted molar refractivity (Wildman–Crippen MR) is 177 cm³/mol. The first-order chi connectivity index (χ1) is 22.4. The van der Waals surface area contributed by atoms with Crippen LogP contribution in [0.15, 0.2) is 67.1 Å². The second kappa shape index (κ2) is 14.6. The van der Waals surface area contributed by atoms with E-state index < -0.39 is 23.6 Å². The Kier molecular flexibility index (Phi) is 10.6. The van der Waals surface area contributed by atoms with Crippen molar-refractivity contribution in [2.24, 2.45) is 0 Å². The molecule has 1 unspecified atom stereocenters. The van der Waals surface area contributed by atoms with Gasteiger partial charge in [0.05, 0.1) is 17.3 Å². The summed E-state index contributed by atoms with van der Waals surface area (Å²) in [4.78, 5) is 31.4. The lowest BCUT2D eigenvalue weighted by Crippen LogP contribution is -2.42. The number of hydrogen-bond donors (Lipinski definition) is 1. The Morgan fingerprint density at radius 3 is 2.49 bits per heavy atom. The fraction of sp³-hybridized carbons (Fsp3) is 0.353. The highest BCUT2D eigenvalue weighted by molar-refractivity contribution is 6.36. The molecule has 5 rings (SSSR count). The van der Waals surface area contributed by atoms with E-state index in [-0.39, 0.29) is 45.9 Å². The van der Waals surface area contributed by atoms with Gasteiger partial charge in [-0.1, -0.05) is 53.5 Å². The van der Waals surface area contributed by atoms with E-state index in [1.165, 1.54) is 12.1 Å². The zero-order chi connectivity index (χ0) is 33.7. The number of piperidine rings is 1. The standard InChI is InChI=1S/C34H36Cl2FN5O5/c1-21(29-26(35)10-11-27(37)30(29)36)46-28-16-23(17-38-31(28)40-32(43)45-20-22-8-6-5-7-9-22)24-18-39-42(19-24)25-12-14-41(15-13-25)33(44)47-34(2,3)4/h5-11,16-19,21,25H,12-15,20H2,1-4H3,(H,38,40,43). The van der Waals surface area contributed by atoms with E-state index in [1.807, 2.05) is 62.0 Å². The number of anilines is 1. The third kappa shape index (κ3) is 8.72. The largest absolute Gasteiger partial charge is 0.482 e. The number of pyridine rings is 1. The summed E-state index contributed by atoms with van der Waals surface area (Å²) in [6.07, 6.45) is 4.76. The normalized spacial score (nSPS) is 14.4. The van der Waals surface area contributed by atoms with Gasteiger partial charge in [0.15, 0.2) is 11.6 Å². The van der Waals surface area contributed by atoms with Crippen molar-refractivity contribution in [3.05, 3.63) is 94.1 Å². The van der Waals surface area contributed by atoms with Gasteiger partial charge in [-0.3, -0.25) is 10.00 Å². The van der Waals surface area contributed by atoms with Gasteiger partial charge in [-0.05, 0) is 64.3 Å². The van der Waals surface area contributed by atoms with Crippen molar-refractivity contribution in [3.63, 3.8) is 0 Å². The minimum Gasteiger partial charge on any atom is -0.482 e. The number of halogens is 3. The molecule has 0 bridgehead atoms. The summed E-state index contributed by atoms with van der Waals surface area (Å²) < 4.78 is 33.3. The Hall–Kier alpha value is -4.35. The quantitative estimate of drug-likeness (QED) is 0.185. The minimum absolute atomic E-state index is 0.0573. The number of likely N-dealkylation sites (tertiary alicyclic amines) is 1. The van der Waals surface area contributed by atoms with Gasteiger partial charge in [0.25, 0.3) is 0 Å². The number of hydrogen-bond acceptors (Lipinski definition) is 7. The van der Waals surface area contributed by atoms with Crippen LogP contribution in [0.4, 0.5) is 19.8 Å². The van der Waals surface area contributed by atoms with Crippen molar-refractivity contribution in [2.45, 2.75) is 64.9 Å². The minimum atomic E-state index is -0.818. The molecule has 1 aliphatic heterocycles. The average Bonchev–Trinajstić information content (AvgIpc) is 3.53. The van der Waals surface area contributed by atoms with Crippen molar-refractivity contribution in [1.82, 2.24) is 19.7 Å². The van der Waals surface area contributed by atoms with Gasteiger partial charge in [0.2, 0.25) is 0 Å². The van der Waals surface area contributed by atoms with Crippen LogP contribution < -0.4 is 10.1 Å². The highest BCUT2D eigenvalue weighted by atomic mass is 35.5. The first-order valence-corrected chi connectivity index (χ1v) is 15.9. The molecule has 0 spiro atoms. The van der Waals surface area contributed by atoms with Gasteiger partial charge < -0.3 is 19.1 Å². The zero-order valence-electron chi connectivity index (χ0n) is 26.5. The molecule has 47 heavy (non-hydrogen) atoms. The smallest absolute Gasteiger partial charge is 0.413 e. The number of amides is 2. The number of nitrogens with zero attached hydrogens (tertiary/aromatic N) is 4. The maximum absolute atomic E-state index is 14.3. The topological polar surface area (TPSA) is 108 Å². The Morgan fingerprint density at radius 1 is 1.06 bits per heavy atom. The molecular formula is C34H36Cl2FN5O5. The maximum atomic E-state index is 14.3. The number of ether oxygens (including phenoxy) is 3. The Balaban J connectivity index is 1.34. The number of benzene rings is 2. The number of aromatic nitrogens is 3. The van der Waals surface area contributed by atoms with Gasteiger partial charge in [0.1, 0.15) is 24.1 Å². The molecular weight excluding hydrogens is 648 g/mol. The van der Waals surface area contributed by atoms with Crippen molar-refractivity contribution in [3.8, 4) is 16.9 Å². The van der Waals surface area contributed by atoms with E-state index in [0.717, 1.165) is 11.1 Å². The lowest BCUT2D eigenvalue weighted by molar-refractivity contribution is 0.0184. The molecule has 0 radical (unpaired) electrons. The summed E-state index contributed by atoms with van der Waals surface area (Å²) in [5.74, 6) is -0.369.